The summed E-state index contributed by atoms with van der Waals surface area (Å²) >= 11 is 0. The van der Waals surface area contributed by atoms with E-state index in [9.17, 15) is 0 Å². The van der Waals surface area contributed by atoms with Gasteiger partial charge in [-0.05, 0) is 45.6 Å². The fourth-order valence-corrected chi connectivity index (χ4v) is 3.02. The smallest absolute Gasteiger partial charge is 0.00940 e. The van der Waals surface area contributed by atoms with Crippen LogP contribution in [0.3, 0.4) is 0 Å². The first kappa shape index (κ1) is 14.0. The van der Waals surface area contributed by atoms with Crippen LogP contribution in [0, 0.1) is 0 Å². The van der Waals surface area contributed by atoms with Crippen LogP contribution in [0.1, 0.15) is 59.8 Å². The van der Waals surface area contributed by atoms with Gasteiger partial charge in [0.25, 0.3) is 0 Å². The van der Waals surface area contributed by atoms with Gasteiger partial charge in [0.2, 0.25) is 0 Å². The van der Waals surface area contributed by atoms with Crippen LogP contribution in [-0.2, 0) is 0 Å². The number of likely N-dealkylation sites (tertiary alicyclic amines) is 1. The third-order valence-electron chi connectivity index (χ3n) is 4.02. The van der Waals surface area contributed by atoms with Crippen molar-refractivity contribution in [1.82, 2.24) is 10.2 Å². The Kier molecular flexibility index (Phi) is 6.37. The Morgan fingerprint density at radius 2 is 1.94 bits per heavy atom. The van der Waals surface area contributed by atoms with Crippen molar-refractivity contribution in [2.75, 3.05) is 13.1 Å². The normalized spacial score (nSPS) is 27.6. The molecule has 0 aromatic heterocycles. The molecule has 0 spiro atoms. The van der Waals surface area contributed by atoms with Gasteiger partial charge in [-0.2, -0.15) is 0 Å². The standard InChI is InChI=1S/C14H30N2/c1-5-9-15-13-8-10-16(12(4)11-13)14(6-2)7-3/h12-15H,5-11H2,1-4H3. The van der Waals surface area contributed by atoms with Gasteiger partial charge in [-0.15, -0.1) is 0 Å². The van der Waals surface area contributed by atoms with Crippen molar-refractivity contribution in [3.63, 3.8) is 0 Å². The minimum atomic E-state index is 0.757. The van der Waals surface area contributed by atoms with E-state index in [1.165, 1.54) is 45.2 Å². The summed E-state index contributed by atoms with van der Waals surface area (Å²) in [6.07, 6.45) is 6.51. The first-order chi connectivity index (χ1) is 7.72. The second-order valence-corrected chi connectivity index (χ2v) is 5.23. The second-order valence-electron chi connectivity index (χ2n) is 5.23. The van der Waals surface area contributed by atoms with Gasteiger partial charge >= 0.3 is 0 Å². The fraction of sp³-hybridized carbons (Fsp3) is 1.00. The predicted molar refractivity (Wildman–Crippen MR) is 71.9 cm³/mol. The van der Waals surface area contributed by atoms with Gasteiger partial charge in [-0.25, -0.2) is 0 Å². The van der Waals surface area contributed by atoms with E-state index in [0.717, 1.165) is 18.1 Å². The number of hydrogen-bond acceptors (Lipinski definition) is 2. The lowest BCUT2D eigenvalue weighted by molar-refractivity contribution is 0.0831. The molecule has 0 aromatic rings. The lowest BCUT2D eigenvalue weighted by Crippen LogP contribution is -2.51. The van der Waals surface area contributed by atoms with Crippen molar-refractivity contribution in [3.8, 4) is 0 Å². The zero-order valence-electron chi connectivity index (χ0n) is 11.6. The molecule has 1 heterocycles. The summed E-state index contributed by atoms with van der Waals surface area (Å²) in [6, 6.07) is 2.33. The Balaban J connectivity index is 2.39. The number of nitrogens with one attached hydrogen (secondary N) is 1. The Morgan fingerprint density at radius 3 is 2.44 bits per heavy atom. The van der Waals surface area contributed by atoms with Crippen LogP contribution in [0.4, 0.5) is 0 Å². The average molecular weight is 226 g/mol. The molecule has 1 N–H and O–H groups in total. The first-order valence-electron chi connectivity index (χ1n) is 7.21. The van der Waals surface area contributed by atoms with E-state index in [-0.39, 0.29) is 0 Å². The van der Waals surface area contributed by atoms with E-state index in [2.05, 4.69) is 37.9 Å². The highest BCUT2D eigenvalue weighted by Gasteiger charge is 2.28. The van der Waals surface area contributed by atoms with Gasteiger partial charge in [-0.3, -0.25) is 4.90 Å². The molecule has 0 aliphatic carbocycles. The zero-order valence-corrected chi connectivity index (χ0v) is 11.6. The van der Waals surface area contributed by atoms with E-state index in [1.807, 2.05) is 0 Å². The molecule has 1 rings (SSSR count). The molecule has 96 valence electrons. The van der Waals surface area contributed by atoms with Crippen LogP contribution in [0.5, 0.6) is 0 Å². The van der Waals surface area contributed by atoms with Crippen LogP contribution >= 0.6 is 0 Å². The van der Waals surface area contributed by atoms with Crippen LogP contribution in [0.25, 0.3) is 0 Å². The zero-order chi connectivity index (χ0) is 12.0. The maximum atomic E-state index is 3.67. The summed E-state index contributed by atoms with van der Waals surface area (Å²) in [6.45, 7) is 11.8. The van der Waals surface area contributed by atoms with Crippen LogP contribution in [0.15, 0.2) is 0 Å². The van der Waals surface area contributed by atoms with Gasteiger partial charge in [-0.1, -0.05) is 20.8 Å². The molecule has 0 aromatic carbocycles. The summed E-state index contributed by atoms with van der Waals surface area (Å²) in [7, 11) is 0. The number of piperidine rings is 1. The fourth-order valence-electron chi connectivity index (χ4n) is 3.02. The van der Waals surface area contributed by atoms with E-state index >= 15 is 0 Å². The lowest BCUT2D eigenvalue weighted by atomic mass is 9.95. The molecule has 0 bridgehead atoms. The van der Waals surface area contributed by atoms with Gasteiger partial charge in [0.1, 0.15) is 0 Å². The maximum absolute atomic E-state index is 3.67. The Hall–Kier alpha value is -0.0800. The molecule has 1 saturated heterocycles. The lowest BCUT2D eigenvalue weighted by Gasteiger charge is -2.42. The summed E-state index contributed by atoms with van der Waals surface area (Å²) in [4.78, 5) is 2.73. The summed E-state index contributed by atoms with van der Waals surface area (Å²) in [5, 5.41) is 3.67. The van der Waals surface area contributed by atoms with E-state index < -0.39 is 0 Å². The molecular weight excluding hydrogens is 196 g/mol. The SMILES string of the molecule is CCCNC1CCN(C(CC)CC)C(C)C1. The molecule has 2 atom stereocenters. The predicted octanol–water partition coefficient (Wildman–Crippen LogP) is 3.03. The first-order valence-corrected chi connectivity index (χ1v) is 7.21. The highest BCUT2D eigenvalue weighted by molar-refractivity contribution is 4.86. The highest BCUT2D eigenvalue weighted by Crippen LogP contribution is 2.22. The number of nitrogens with zero attached hydrogens (tertiary/aromatic N) is 1. The number of rotatable bonds is 6. The van der Waals surface area contributed by atoms with Crippen molar-refractivity contribution in [1.29, 1.82) is 0 Å². The van der Waals surface area contributed by atoms with Crippen molar-refractivity contribution in [3.05, 3.63) is 0 Å². The largest absolute Gasteiger partial charge is 0.314 e. The molecule has 1 aliphatic rings. The topological polar surface area (TPSA) is 15.3 Å². The molecule has 0 radical (unpaired) electrons. The van der Waals surface area contributed by atoms with E-state index in [0.29, 0.717) is 0 Å². The van der Waals surface area contributed by atoms with Gasteiger partial charge < -0.3 is 5.32 Å². The molecule has 2 unspecified atom stereocenters. The van der Waals surface area contributed by atoms with Crippen LogP contribution in [0.2, 0.25) is 0 Å². The van der Waals surface area contributed by atoms with Gasteiger partial charge in [0.05, 0.1) is 0 Å². The monoisotopic (exact) mass is 226 g/mol. The summed E-state index contributed by atoms with van der Waals surface area (Å²) < 4.78 is 0. The highest BCUT2D eigenvalue weighted by atomic mass is 15.2. The van der Waals surface area contributed by atoms with E-state index in [4.69, 9.17) is 0 Å². The average Bonchev–Trinajstić information content (AvgIpc) is 2.30. The minimum Gasteiger partial charge on any atom is -0.314 e. The minimum absolute atomic E-state index is 0.757. The maximum Gasteiger partial charge on any atom is 0.00940 e. The Labute approximate surface area is 102 Å². The third kappa shape index (κ3) is 3.74. The van der Waals surface area contributed by atoms with Crippen molar-refractivity contribution < 1.29 is 0 Å². The van der Waals surface area contributed by atoms with Crippen LogP contribution in [-0.4, -0.2) is 36.1 Å². The molecular formula is C14H30N2. The molecule has 2 heteroatoms. The third-order valence-corrected chi connectivity index (χ3v) is 4.02. The number of hydrogen-bond donors (Lipinski definition) is 1. The Morgan fingerprint density at radius 1 is 1.25 bits per heavy atom. The van der Waals surface area contributed by atoms with Crippen molar-refractivity contribution in [2.45, 2.75) is 77.9 Å². The quantitative estimate of drug-likeness (QED) is 0.749. The van der Waals surface area contributed by atoms with Gasteiger partial charge in [0.15, 0.2) is 0 Å². The second kappa shape index (κ2) is 7.29. The molecule has 1 aliphatic heterocycles. The van der Waals surface area contributed by atoms with Gasteiger partial charge in [0, 0.05) is 24.7 Å². The molecule has 0 amide bonds. The molecule has 16 heavy (non-hydrogen) atoms. The van der Waals surface area contributed by atoms with Crippen molar-refractivity contribution in [2.24, 2.45) is 0 Å². The summed E-state index contributed by atoms with van der Waals surface area (Å²) in [5.41, 5.74) is 0. The summed E-state index contributed by atoms with van der Waals surface area (Å²) in [5.74, 6) is 0. The molecule has 2 nitrogen and oxygen atoms in total. The van der Waals surface area contributed by atoms with Crippen LogP contribution < -0.4 is 5.32 Å². The Bertz CT molecular complexity index is 178. The van der Waals surface area contributed by atoms with Crippen molar-refractivity contribution >= 4 is 0 Å². The van der Waals surface area contributed by atoms with E-state index in [1.54, 1.807) is 0 Å². The molecule has 0 saturated carbocycles. The molecule has 1 fully saturated rings.